The first kappa shape index (κ1) is 12.3. The van der Waals surface area contributed by atoms with Gasteiger partial charge in [-0.05, 0) is 4.91 Å². The van der Waals surface area contributed by atoms with Gasteiger partial charge in [-0.2, -0.15) is 0 Å². The third-order valence-electron chi connectivity index (χ3n) is 0.490. The van der Waals surface area contributed by atoms with Gasteiger partial charge in [-0.15, -0.1) is 24.7 Å². The van der Waals surface area contributed by atoms with Gasteiger partial charge in [-0.3, -0.25) is 0 Å². The zero-order valence-electron chi connectivity index (χ0n) is 6.59. The molecule has 0 nitrogen and oxygen atoms in total. The van der Waals surface area contributed by atoms with Crippen LogP contribution in [0, 0.1) is 0 Å². The van der Waals surface area contributed by atoms with Crippen LogP contribution in [-0.2, 0) is 0 Å². The van der Waals surface area contributed by atoms with E-state index in [1.807, 2.05) is 13.8 Å². The molecule has 0 saturated heterocycles. The molecule has 0 rings (SSSR count). The Bertz CT molecular complexity index is 120. The van der Waals surface area contributed by atoms with Crippen LogP contribution < -0.4 is 0 Å². The zero-order chi connectivity index (χ0) is 8.57. The van der Waals surface area contributed by atoms with Gasteiger partial charge in [0.15, 0.2) is 0 Å². The largest absolute Gasteiger partial charge is 0.144 e. The highest BCUT2D eigenvalue weighted by atomic mass is 32.1. The van der Waals surface area contributed by atoms with Gasteiger partial charge in [-0.25, -0.2) is 0 Å². The molecule has 0 saturated carbocycles. The minimum absolute atomic E-state index is 0.514. The molecule has 0 spiro atoms. The predicted molar refractivity (Wildman–Crippen MR) is 53.5 cm³/mol. The number of thiol groups is 1. The van der Waals surface area contributed by atoms with Crippen molar-refractivity contribution in [3.63, 3.8) is 0 Å². The van der Waals surface area contributed by atoms with Crippen LogP contribution >= 0.6 is 12.6 Å². The van der Waals surface area contributed by atoms with Gasteiger partial charge in [0, 0.05) is 0 Å². The Kier molecular flexibility index (Phi) is 10.6. The fourth-order valence-corrected chi connectivity index (χ4v) is 0.278. The van der Waals surface area contributed by atoms with E-state index in [-0.39, 0.29) is 0 Å². The molecule has 0 atom stereocenters. The number of hydrogen-bond donors (Lipinski definition) is 1. The Morgan fingerprint density at radius 3 is 1.80 bits per heavy atom. The fraction of sp³-hybridized carbons (Fsp3) is 0.250. The maximum Gasteiger partial charge on any atom is 0.112 e. The Morgan fingerprint density at radius 1 is 1.30 bits per heavy atom. The minimum Gasteiger partial charge on any atom is -0.144 e. The zero-order valence-corrected chi connectivity index (χ0v) is 7.49. The molecule has 54 valence electrons. The van der Waals surface area contributed by atoms with Crippen molar-refractivity contribution in [1.29, 1.82) is 0 Å². The molecule has 2 heteroatoms. The normalized spacial score (nSPS) is 8.30. The number of allylic oxidation sites excluding steroid dienone is 3. The first-order valence-corrected chi connectivity index (χ1v) is 3.58. The third-order valence-corrected chi connectivity index (χ3v) is 0.639. The summed E-state index contributed by atoms with van der Waals surface area (Å²) in [6.45, 7) is 11.0. The molecule has 0 unspecified atom stereocenters. The first-order valence-electron chi connectivity index (χ1n) is 3.13. The molecule has 0 aliphatic heterocycles. The molecule has 2 radical (unpaired) electrons. The summed E-state index contributed by atoms with van der Waals surface area (Å²) in [7, 11) is 5.18. The van der Waals surface area contributed by atoms with E-state index in [9.17, 15) is 0 Å². The van der Waals surface area contributed by atoms with Crippen LogP contribution in [0.25, 0.3) is 0 Å². The number of rotatable bonds is 2. The summed E-state index contributed by atoms with van der Waals surface area (Å²) in [5.74, 6) is 0. The molecule has 0 aromatic rings. The lowest BCUT2D eigenvalue weighted by molar-refractivity contribution is 1.50. The third kappa shape index (κ3) is 15.6. The van der Waals surface area contributed by atoms with Crippen LogP contribution in [0.3, 0.4) is 0 Å². The fourth-order valence-electron chi connectivity index (χ4n) is 0.203. The standard InChI is InChI=1S/C6H7BS.C2H6/c1-5(7)3-4-6(2)8;1-2/h3-4,8H,1-2H2;1-2H3/b4-3-;. The average molecular weight is 152 g/mol. The molecule has 0 aliphatic rings. The maximum absolute atomic E-state index is 5.18. The molecule has 0 N–H and O–H groups in total. The molecule has 0 aromatic carbocycles. The van der Waals surface area contributed by atoms with Gasteiger partial charge in [0.25, 0.3) is 0 Å². The van der Waals surface area contributed by atoms with Crippen LogP contribution in [0.2, 0.25) is 0 Å². The minimum atomic E-state index is 0.514. The van der Waals surface area contributed by atoms with E-state index in [0.717, 1.165) is 0 Å². The lowest BCUT2D eigenvalue weighted by Gasteiger charge is -1.83. The topological polar surface area (TPSA) is 0 Å². The molecule has 0 heterocycles. The molecule has 0 bridgehead atoms. The molecular formula is C8H13BS. The van der Waals surface area contributed by atoms with E-state index in [1.54, 1.807) is 12.2 Å². The summed E-state index contributed by atoms with van der Waals surface area (Å²) in [5.41, 5.74) is 0.514. The van der Waals surface area contributed by atoms with Crippen LogP contribution in [0.15, 0.2) is 35.7 Å². The van der Waals surface area contributed by atoms with E-state index in [4.69, 9.17) is 7.85 Å². The van der Waals surface area contributed by atoms with Crippen LogP contribution in [-0.4, -0.2) is 7.85 Å². The van der Waals surface area contributed by atoms with Gasteiger partial charge < -0.3 is 0 Å². The first-order chi connectivity index (χ1) is 4.63. The van der Waals surface area contributed by atoms with Crippen molar-refractivity contribution in [2.45, 2.75) is 13.8 Å². The van der Waals surface area contributed by atoms with Crippen molar-refractivity contribution in [2.75, 3.05) is 0 Å². The van der Waals surface area contributed by atoms with Crippen LogP contribution in [0.4, 0.5) is 0 Å². The predicted octanol–water partition coefficient (Wildman–Crippen LogP) is 2.69. The van der Waals surface area contributed by atoms with E-state index < -0.39 is 0 Å². The summed E-state index contributed by atoms with van der Waals surface area (Å²) >= 11 is 3.89. The average Bonchev–Trinajstić information content (AvgIpc) is 1.89. The Labute approximate surface area is 70.5 Å². The van der Waals surface area contributed by atoms with Gasteiger partial charge in [0.2, 0.25) is 0 Å². The van der Waals surface area contributed by atoms with E-state index in [0.29, 0.717) is 10.4 Å². The van der Waals surface area contributed by atoms with Crippen molar-refractivity contribution in [3.8, 4) is 0 Å². The van der Waals surface area contributed by atoms with Crippen molar-refractivity contribution >= 4 is 20.5 Å². The van der Waals surface area contributed by atoms with Crippen LogP contribution in [0.5, 0.6) is 0 Å². The van der Waals surface area contributed by atoms with Crippen molar-refractivity contribution in [2.24, 2.45) is 0 Å². The Morgan fingerprint density at radius 2 is 1.70 bits per heavy atom. The molecular weight excluding hydrogens is 139 g/mol. The Balaban J connectivity index is 0. The quantitative estimate of drug-likeness (QED) is 0.351. The second kappa shape index (κ2) is 8.63. The molecule has 0 amide bonds. The van der Waals surface area contributed by atoms with Gasteiger partial charge in [-0.1, -0.05) is 32.6 Å². The lowest BCUT2D eigenvalue weighted by Crippen LogP contribution is -1.67. The second-order valence-corrected chi connectivity index (χ2v) is 1.97. The summed E-state index contributed by atoms with van der Waals surface area (Å²) in [5, 5.41) is 0. The monoisotopic (exact) mass is 152 g/mol. The van der Waals surface area contributed by atoms with Crippen molar-refractivity contribution in [3.05, 3.63) is 35.7 Å². The number of hydrogen-bond acceptors (Lipinski definition) is 1. The van der Waals surface area contributed by atoms with Gasteiger partial charge >= 0.3 is 0 Å². The van der Waals surface area contributed by atoms with Crippen molar-refractivity contribution < 1.29 is 0 Å². The highest BCUT2D eigenvalue weighted by Gasteiger charge is 1.73. The molecule has 0 fully saturated rings. The smallest absolute Gasteiger partial charge is 0.112 e. The summed E-state index contributed by atoms with van der Waals surface area (Å²) in [4.78, 5) is 0.677. The lowest BCUT2D eigenvalue weighted by atomic mass is 9.98. The highest BCUT2D eigenvalue weighted by Crippen LogP contribution is 1.98. The van der Waals surface area contributed by atoms with Gasteiger partial charge in [0.05, 0.1) is 0 Å². The maximum atomic E-state index is 5.18. The highest BCUT2D eigenvalue weighted by molar-refractivity contribution is 7.84. The Hall–Kier alpha value is -0.365. The van der Waals surface area contributed by atoms with Crippen LogP contribution in [0.1, 0.15) is 13.8 Å². The SMILES string of the molecule is CC.[B]C(=C)/C=C\C(=C)S. The summed E-state index contributed by atoms with van der Waals surface area (Å²) in [6.07, 6.45) is 3.33. The van der Waals surface area contributed by atoms with E-state index in [2.05, 4.69) is 25.8 Å². The second-order valence-electron chi connectivity index (χ2n) is 1.40. The van der Waals surface area contributed by atoms with E-state index >= 15 is 0 Å². The van der Waals surface area contributed by atoms with E-state index in [1.165, 1.54) is 0 Å². The summed E-state index contributed by atoms with van der Waals surface area (Å²) in [6, 6.07) is 0. The van der Waals surface area contributed by atoms with Gasteiger partial charge in [0.1, 0.15) is 7.85 Å². The molecule has 10 heavy (non-hydrogen) atoms. The summed E-state index contributed by atoms with van der Waals surface area (Å²) < 4.78 is 0. The molecule has 0 aliphatic carbocycles. The van der Waals surface area contributed by atoms with Crippen molar-refractivity contribution in [1.82, 2.24) is 0 Å². The molecule has 0 aromatic heterocycles.